The summed E-state index contributed by atoms with van der Waals surface area (Å²) in [4.78, 5) is 34.1. The van der Waals surface area contributed by atoms with Gasteiger partial charge in [0.05, 0.1) is 41.9 Å². The largest absolute Gasteiger partial charge is 0.490 e. The number of rotatable bonds is 12. The summed E-state index contributed by atoms with van der Waals surface area (Å²) in [7, 11) is -2.57. The molecule has 266 valence electrons. The molecule has 4 aromatic rings. The van der Waals surface area contributed by atoms with E-state index in [9.17, 15) is 13.2 Å². The molecule has 1 aliphatic rings. The number of nitrogen functional groups attached to an aromatic ring is 2. The monoisotopic (exact) mass is 703 g/mol. The first-order chi connectivity index (χ1) is 23.8. The first-order valence-corrected chi connectivity index (χ1v) is 18.2. The van der Waals surface area contributed by atoms with Crippen LogP contribution < -0.4 is 26.3 Å². The predicted octanol–water partition coefficient (Wildman–Crippen LogP) is 5.68. The van der Waals surface area contributed by atoms with E-state index < -0.39 is 45.0 Å². The summed E-state index contributed by atoms with van der Waals surface area (Å²) in [6, 6.07) is 15.2. The average Bonchev–Trinajstić information content (AvgIpc) is 3.52. The number of pyridine rings is 1. The number of hydrogen-bond donors (Lipinski definition) is 3. The summed E-state index contributed by atoms with van der Waals surface area (Å²) < 4.78 is 44.5. The van der Waals surface area contributed by atoms with E-state index in [1.165, 1.54) is 25.3 Å². The molecule has 5 rings (SSSR count). The van der Waals surface area contributed by atoms with Crippen molar-refractivity contribution < 1.29 is 32.2 Å². The number of amides is 1. The highest BCUT2D eigenvalue weighted by molar-refractivity contribution is 7.92. The van der Waals surface area contributed by atoms with Crippen LogP contribution in [0.3, 0.4) is 0 Å². The van der Waals surface area contributed by atoms with Crippen LogP contribution in [0.15, 0.2) is 71.8 Å². The van der Waals surface area contributed by atoms with Crippen LogP contribution in [-0.4, -0.2) is 61.8 Å². The van der Waals surface area contributed by atoms with E-state index in [2.05, 4.69) is 10.3 Å². The standard InChI is InChI=1S/C37H45N5O7S/c1-7-48-31-19-24(8-12-30(31)49-21(2)3)33(41-26-10-11-27-23(18-26)14-16-40-35(27)39)36(43)42-17-15-28(37(44)47-6)34(42)29-20-25(38)9-13-32(29)50(45,46)22(4)5/h8-14,16,18-22,28,33-34,41H,7,15,17,38H2,1-6H3,(H2,39,40). The minimum atomic E-state index is -3.85. The Balaban J connectivity index is 1.67. The van der Waals surface area contributed by atoms with Crippen molar-refractivity contribution in [3.8, 4) is 11.5 Å². The van der Waals surface area contributed by atoms with Gasteiger partial charge in [0.2, 0.25) is 5.91 Å². The molecule has 0 radical (unpaired) electrons. The summed E-state index contributed by atoms with van der Waals surface area (Å²) in [6.45, 7) is 9.37. The van der Waals surface area contributed by atoms with Crippen molar-refractivity contribution >= 4 is 49.7 Å². The lowest BCUT2D eigenvalue weighted by Gasteiger charge is -2.33. The van der Waals surface area contributed by atoms with Gasteiger partial charge in [0, 0.05) is 29.5 Å². The van der Waals surface area contributed by atoms with Gasteiger partial charge in [-0.3, -0.25) is 9.59 Å². The number of ether oxygens (including phenoxy) is 3. The fraction of sp³-hybridized carbons (Fsp3) is 0.378. The number of nitrogens with two attached hydrogens (primary N) is 2. The fourth-order valence-corrected chi connectivity index (χ4v) is 7.64. The maximum Gasteiger partial charge on any atom is 0.311 e. The lowest BCUT2D eigenvalue weighted by Crippen LogP contribution is -2.40. The lowest BCUT2D eigenvalue weighted by molar-refractivity contribution is -0.147. The Morgan fingerprint density at radius 3 is 2.44 bits per heavy atom. The second-order valence-electron chi connectivity index (χ2n) is 12.8. The molecule has 0 spiro atoms. The van der Waals surface area contributed by atoms with Crippen LogP contribution in [0.25, 0.3) is 10.8 Å². The highest BCUT2D eigenvalue weighted by Crippen LogP contribution is 2.44. The first-order valence-electron chi connectivity index (χ1n) is 16.6. The van der Waals surface area contributed by atoms with E-state index in [4.69, 9.17) is 25.7 Å². The number of nitrogens with one attached hydrogen (secondary N) is 1. The number of carbonyl (C=O) groups is 2. The number of hydrogen-bond acceptors (Lipinski definition) is 11. The van der Waals surface area contributed by atoms with Gasteiger partial charge in [0.15, 0.2) is 21.3 Å². The Morgan fingerprint density at radius 1 is 1.00 bits per heavy atom. The van der Waals surface area contributed by atoms with Gasteiger partial charge in [0.1, 0.15) is 11.9 Å². The maximum absolute atomic E-state index is 15.0. The van der Waals surface area contributed by atoms with E-state index in [1.54, 1.807) is 43.1 Å². The van der Waals surface area contributed by atoms with Crippen molar-refractivity contribution in [3.63, 3.8) is 0 Å². The Morgan fingerprint density at radius 2 is 1.76 bits per heavy atom. The maximum atomic E-state index is 15.0. The molecule has 2 heterocycles. The zero-order chi connectivity index (χ0) is 36.3. The van der Waals surface area contributed by atoms with Crippen LogP contribution >= 0.6 is 0 Å². The van der Waals surface area contributed by atoms with Gasteiger partial charge in [-0.2, -0.15) is 0 Å². The van der Waals surface area contributed by atoms with E-state index in [0.29, 0.717) is 40.9 Å². The zero-order valence-electron chi connectivity index (χ0n) is 29.2. The van der Waals surface area contributed by atoms with Crippen LogP contribution in [0.2, 0.25) is 0 Å². The van der Waals surface area contributed by atoms with Crippen molar-refractivity contribution in [1.82, 2.24) is 9.88 Å². The van der Waals surface area contributed by atoms with Crippen LogP contribution in [0.5, 0.6) is 11.5 Å². The number of sulfone groups is 1. The third kappa shape index (κ3) is 7.28. The van der Waals surface area contributed by atoms with Crippen molar-refractivity contribution in [3.05, 3.63) is 78.0 Å². The fourth-order valence-electron chi connectivity index (χ4n) is 6.37. The molecule has 3 unspecified atom stereocenters. The van der Waals surface area contributed by atoms with Gasteiger partial charge in [-0.15, -0.1) is 0 Å². The quantitative estimate of drug-likeness (QED) is 0.122. The van der Waals surface area contributed by atoms with Gasteiger partial charge in [0.25, 0.3) is 0 Å². The van der Waals surface area contributed by atoms with Crippen LogP contribution in [0.4, 0.5) is 17.2 Å². The number of nitrogens with zero attached hydrogens (tertiary/aromatic N) is 2. The number of likely N-dealkylation sites (tertiary alicyclic amines) is 1. The van der Waals surface area contributed by atoms with Crippen molar-refractivity contribution in [2.45, 2.75) is 69.4 Å². The van der Waals surface area contributed by atoms with Crippen LogP contribution in [0, 0.1) is 5.92 Å². The van der Waals surface area contributed by atoms with Crippen molar-refractivity contribution in [2.75, 3.05) is 37.0 Å². The molecule has 1 fully saturated rings. The second-order valence-corrected chi connectivity index (χ2v) is 15.3. The van der Waals surface area contributed by atoms with Gasteiger partial charge in [-0.25, -0.2) is 13.4 Å². The number of benzene rings is 3. The molecule has 0 saturated carbocycles. The van der Waals surface area contributed by atoms with Crippen LogP contribution in [-0.2, 0) is 24.2 Å². The average molecular weight is 704 g/mol. The summed E-state index contributed by atoms with van der Waals surface area (Å²) in [5.41, 5.74) is 14.1. The third-order valence-corrected chi connectivity index (χ3v) is 11.0. The number of carbonyl (C=O) groups excluding carboxylic acids is 2. The Kier molecular flexibility index (Phi) is 10.8. The smallest absolute Gasteiger partial charge is 0.311 e. The predicted molar refractivity (Wildman–Crippen MR) is 194 cm³/mol. The number of fused-ring (bicyclic) bond motifs is 1. The van der Waals surface area contributed by atoms with Crippen molar-refractivity contribution in [1.29, 1.82) is 0 Å². The normalized spacial score (nSPS) is 16.8. The highest BCUT2D eigenvalue weighted by atomic mass is 32.2. The molecular formula is C37H45N5O7S. The zero-order valence-corrected chi connectivity index (χ0v) is 30.0. The highest BCUT2D eigenvalue weighted by Gasteiger charge is 2.46. The van der Waals surface area contributed by atoms with Gasteiger partial charge >= 0.3 is 5.97 Å². The molecule has 1 amide bonds. The molecule has 5 N–H and O–H groups in total. The summed E-state index contributed by atoms with van der Waals surface area (Å²) >= 11 is 0. The summed E-state index contributed by atoms with van der Waals surface area (Å²) in [5.74, 6) is -0.428. The lowest BCUT2D eigenvalue weighted by atomic mass is 9.92. The molecular weight excluding hydrogens is 659 g/mol. The molecule has 3 atom stereocenters. The molecule has 0 bridgehead atoms. The van der Waals surface area contributed by atoms with Gasteiger partial charge < -0.3 is 35.9 Å². The van der Waals surface area contributed by atoms with E-state index in [0.717, 1.165) is 10.8 Å². The van der Waals surface area contributed by atoms with Gasteiger partial charge in [-0.05, 0) is 112 Å². The van der Waals surface area contributed by atoms with E-state index in [-0.39, 0.29) is 29.5 Å². The number of aromatic nitrogens is 1. The SMILES string of the molecule is CCOc1cc(C(Nc2ccc3c(N)nccc3c2)C(=O)N2CCC(C(=O)OC)C2c2cc(N)ccc2S(=O)(=O)C(C)C)ccc1OC(C)C. The minimum Gasteiger partial charge on any atom is -0.490 e. The van der Waals surface area contributed by atoms with Crippen molar-refractivity contribution in [2.24, 2.45) is 5.92 Å². The van der Waals surface area contributed by atoms with E-state index >= 15 is 4.79 Å². The number of anilines is 3. The Labute approximate surface area is 293 Å². The molecule has 1 saturated heterocycles. The molecule has 1 aromatic heterocycles. The molecule has 1 aliphatic heterocycles. The molecule has 50 heavy (non-hydrogen) atoms. The molecule has 13 heteroatoms. The Hall–Kier alpha value is -5.04. The number of methoxy groups -OCH3 is 1. The van der Waals surface area contributed by atoms with Gasteiger partial charge in [-0.1, -0.05) is 6.07 Å². The topological polar surface area (TPSA) is 176 Å². The molecule has 3 aromatic carbocycles. The second kappa shape index (κ2) is 14.8. The molecule has 0 aliphatic carbocycles. The Bertz CT molecular complexity index is 2000. The summed E-state index contributed by atoms with van der Waals surface area (Å²) in [6.07, 6.45) is 1.74. The molecule has 12 nitrogen and oxygen atoms in total. The van der Waals surface area contributed by atoms with Crippen LogP contribution in [0.1, 0.15) is 64.3 Å². The first kappa shape index (κ1) is 36.2. The van der Waals surface area contributed by atoms with E-state index in [1.807, 2.05) is 45.0 Å². The third-order valence-electron chi connectivity index (χ3n) is 8.78. The number of esters is 1. The minimum absolute atomic E-state index is 0.0133. The summed E-state index contributed by atoms with van der Waals surface area (Å²) in [5, 5.41) is 4.22.